The highest BCUT2D eigenvalue weighted by Crippen LogP contribution is 2.36. The molecule has 2 aromatic rings. The number of carbonyl (C=O) groups is 1. The second-order valence-corrected chi connectivity index (χ2v) is 7.69. The summed E-state index contributed by atoms with van der Waals surface area (Å²) >= 11 is 12.0. The smallest absolute Gasteiger partial charge is 0.347 e. The molecule has 8 heteroatoms. The molecule has 0 aliphatic heterocycles. The van der Waals surface area contributed by atoms with E-state index in [2.05, 4.69) is 5.10 Å². The minimum absolute atomic E-state index is 0.00239. The highest BCUT2D eigenvalue weighted by Gasteiger charge is 2.29. The zero-order valence-corrected chi connectivity index (χ0v) is 17.1. The number of hydrogen-bond donors (Lipinski definition) is 1. The van der Waals surface area contributed by atoms with Crippen molar-refractivity contribution in [2.45, 2.75) is 51.5 Å². The molecule has 150 valence electrons. The minimum atomic E-state index is -0.840. The van der Waals surface area contributed by atoms with Gasteiger partial charge in [0.1, 0.15) is 5.69 Å². The standard InChI is InChI=1S/C20H22Cl2N2O4/c1-2-28-20(27)16-18(25)17(13-6-4-3-5-7-13)23-24(19(16)26)11-12-8-9-14(21)15(22)10-12/h8-10,13,25H,2-7,11H2,1H3. The van der Waals surface area contributed by atoms with E-state index in [4.69, 9.17) is 27.9 Å². The van der Waals surface area contributed by atoms with Crippen LogP contribution in [0, 0.1) is 0 Å². The summed E-state index contributed by atoms with van der Waals surface area (Å²) in [4.78, 5) is 25.2. The van der Waals surface area contributed by atoms with E-state index in [0.717, 1.165) is 32.1 Å². The second-order valence-electron chi connectivity index (χ2n) is 6.88. The lowest BCUT2D eigenvalue weighted by molar-refractivity contribution is 0.0519. The molecule has 0 atom stereocenters. The summed E-state index contributed by atoms with van der Waals surface area (Å²) in [6, 6.07) is 5.02. The van der Waals surface area contributed by atoms with Crippen LogP contribution in [0.15, 0.2) is 23.0 Å². The highest BCUT2D eigenvalue weighted by molar-refractivity contribution is 6.42. The van der Waals surface area contributed by atoms with Gasteiger partial charge in [-0.1, -0.05) is 48.5 Å². The first-order valence-electron chi connectivity index (χ1n) is 9.37. The Kier molecular flexibility index (Phi) is 6.62. The normalized spacial score (nSPS) is 14.8. The van der Waals surface area contributed by atoms with E-state index in [0.29, 0.717) is 21.3 Å². The van der Waals surface area contributed by atoms with Crippen LogP contribution in [0.25, 0.3) is 0 Å². The monoisotopic (exact) mass is 424 g/mol. The fourth-order valence-corrected chi connectivity index (χ4v) is 3.86. The largest absolute Gasteiger partial charge is 0.505 e. The van der Waals surface area contributed by atoms with E-state index in [9.17, 15) is 14.7 Å². The van der Waals surface area contributed by atoms with E-state index < -0.39 is 11.5 Å². The van der Waals surface area contributed by atoms with Crippen molar-refractivity contribution in [3.63, 3.8) is 0 Å². The second kappa shape index (κ2) is 8.97. The van der Waals surface area contributed by atoms with Gasteiger partial charge < -0.3 is 9.84 Å². The van der Waals surface area contributed by atoms with Crippen LogP contribution in [0.5, 0.6) is 5.75 Å². The lowest BCUT2D eigenvalue weighted by atomic mass is 9.86. The number of benzene rings is 1. The number of carbonyl (C=O) groups excluding carboxylic acids is 1. The molecule has 1 aliphatic carbocycles. The first kappa shape index (κ1) is 20.7. The Balaban J connectivity index is 2.09. The number of ether oxygens (including phenoxy) is 1. The van der Waals surface area contributed by atoms with Gasteiger partial charge in [-0.2, -0.15) is 5.10 Å². The summed E-state index contributed by atoms with van der Waals surface area (Å²) in [5, 5.41) is 15.9. The minimum Gasteiger partial charge on any atom is -0.505 e. The zero-order chi connectivity index (χ0) is 20.3. The van der Waals surface area contributed by atoms with Gasteiger partial charge in [0, 0.05) is 5.92 Å². The Hall–Kier alpha value is -2.05. The van der Waals surface area contributed by atoms with Crippen molar-refractivity contribution < 1.29 is 14.6 Å². The van der Waals surface area contributed by atoms with Crippen molar-refractivity contribution in [1.29, 1.82) is 0 Å². The summed E-state index contributed by atoms with van der Waals surface area (Å²) in [5.74, 6) is -1.20. The maximum atomic E-state index is 12.9. The average Bonchev–Trinajstić information content (AvgIpc) is 2.68. The summed E-state index contributed by atoms with van der Waals surface area (Å²) < 4.78 is 6.18. The molecule has 28 heavy (non-hydrogen) atoms. The molecule has 1 fully saturated rings. The molecule has 0 radical (unpaired) electrons. The molecule has 0 bridgehead atoms. The molecule has 1 heterocycles. The van der Waals surface area contributed by atoms with Crippen LogP contribution < -0.4 is 5.56 Å². The molecule has 1 N–H and O–H groups in total. The lowest BCUT2D eigenvalue weighted by Crippen LogP contribution is -2.32. The van der Waals surface area contributed by atoms with Crippen molar-refractivity contribution in [1.82, 2.24) is 9.78 Å². The van der Waals surface area contributed by atoms with Crippen LogP contribution in [-0.2, 0) is 11.3 Å². The number of esters is 1. The molecular weight excluding hydrogens is 403 g/mol. The Morgan fingerprint density at radius 1 is 1.25 bits per heavy atom. The predicted molar refractivity (Wildman–Crippen MR) is 108 cm³/mol. The topological polar surface area (TPSA) is 81.4 Å². The van der Waals surface area contributed by atoms with Gasteiger partial charge in [0.25, 0.3) is 5.56 Å². The summed E-state index contributed by atoms with van der Waals surface area (Å²) in [5.41, 5.74) is 0.0283. The van der Waals surface area contributed by atoms with E-state index in [1.54, 1.807) is 25.1 Å². The fraction of sp³-hybridized carbons (Fsp3) is 0.450. The third kappa shape index (κ3) is 4.33. The highest BCUT2D eigenvalue weighted by atomic mass is 35.5. The lowest BCUT2D eigenvalue weighted by Gasteiger charge is -2.23. The quantitative estimate of drug-likeness (QED) is 0.712. The van der Waals surface area contributed by atoms with E-state index in [-0.39, 0.29) is 30.4 Å². The van der Waals surface area contributed by atoms with E-state index in [1.165, 1.54) is 4.68 Å². The average molecular weight is 425 g/mol. The van der Waals surface area contributed by atoms with Gasteiger partial charge in [-0.05, 0) is 37.5 Å². The summed E-state index contributed by atoms with van der Waals surface area (Å²) in [6.45, 7) is 1.85. The Labute approximate surface area is 173 Å². The SMILES string of the molecule is CCOC(=O)c1c(O)c(C2CCCCC2)nn(Cc2ccc(Cl)c(Cl)c2)c1=O. The number of aromatic nitrogens is 2. The molecular formula is C20H22Cl2N2O4. The summed E-state index contributed by atoms with van der Waals surface area (Å²) in [6.07, 6.45) is 4.88. The maximum Gasteiger partial charge on any atom is 0.347 e. The third-order valence-electron chi connectivity index (χ3n) is 4.94. The molecule has 1 aromatic carbocycles. The van der Waals surface area contributed by atoms with Gasteiger partial charge in [-0.25, -0.2) is 9.48 Å². The van der Waals surface area contributed by atoms with Crippen LogP contribution in [0.2, 0.25) is 10.0 Å². The van der Waals surface area contributed by atoms with Gasteiger partial charge >= 0.3 is 5.97 Å². The molecule has 0 unspecified atom stereocenters. The number of hydrogen-bond acceptors (Lipinski definition) is 5. The van der Waals surface area contributed by atoms with Crippen LogP contribution in [-0.4, -0.2) is 27.5 Å². The Bertz CT molecular complexity index is 937. The third-order valence-corrected chi connectivity index (χ3v) is 5.68. The van der Waals surface area contributed by atoms with Gasteiger partial charge in [0.15, 0.2) is 11.3 Å². The first-order valence-corrected chi connectivity index (χ1v) is 10.1. The van der Waals surface area contributed by atoms with E-state index in [1.807, 2.05) is 0 Å². The number of nitrogens with zero attached hydrogens (tertiary/aromatic N) is 2. The first-order chi connectivity index (χ1) is 13.4. The molecule has 0 spiro atoms. The van der Waals surface area contributed by atoms with Crippen LogP contribution in [0.4, 0.5) is 0 Å². The maximum absolute atomic E-state index is 12.9. The van der Waals surface area contributed by atoms with Crippen LogP contribution in [0.3, 0.4) is 0 Å². The molecule has 3 rings (SSSR count). The number of aromatic hydroxyl groups is 1. The van der Waals surface area contributed by atoms with Crippen molar-refractivity contribution in [2.75, 3.05) is 6.61 Å². The van der Waals surface area contributed by atoms with Gasteiger partial charge in [0.2, 0.25) is 0 Å². The molecule has 1 aliphatic rings. The molecule has 0 amide bonds. The van der Waals surface area contributed by atoms with Gasteiger partial charge in [0.05, 0.1) is 23.2 Å². The molecule has 1 aromatic heterocycles. The zero-order valence-electron chi connectivity index (χ0n) is 15.6. The van der Waals surface area contributed by atoms with Crippen molar-refractivity contribution in [2.24, 2.45) is 0 Å². The molecule has 6 nitrogen and oxygen atoms in total. The summed E-state index contributed by atoms with van der Waals surface area (Å²) in [7, 11) is 0. The Morgan fingerprint density at radius 2 is 1.96 bits per heavy atom. The van der Waals surface area contributed by atoms with Gasteiger partial charge in [-0.3, -0.25) is 4.79 Å². The Morgan fingerprint density at radius 3 is 2.61 bits per heavy atom. The predicted octanol–water partition coefficient (Wildman–Crippen LogP) is 4.53. The van der Waals surface area contributed by atoms with Gasteiger partial charge in [-0.15, -0.1) is 0 Å². The van der Waals surface area contributed by atoms with Crippen LogP contribution >= 0.6 is 23.2 Å². The van der Waals surface area contributed by atoms with Crippen molar-refractivity contribution in [3.8, 4) is 5.75 Å². The molecule has 0 saturated heterocycles. The number of halogens is 2. The molecule has 1 saturated carbocycles. The van der Waals surface area contributed by atoms with Crippen molar-refractivity contribution >= 4 is 29.2 Å². The number of rotatable bonds is 5. The fourth-order valence-electron chi connectivity index (χ4n) is 3.54. The van der Waals surface area contributed by atoms with Crippen LogP contribution in [0.1, 0.15) is 66.6 Å². The van der Waals surface area contributed by atoms with E-state index >= 15 is 0 Å². The van der Waals surface area contributed by atoms with Crippen molar-refractivity contribution in [3.05, 3.63) is 55.4 Å².